The predicted octanol–water partition coefficient (Wildman–Crippen LogP) is -0.200. The molecule has 0 aliphatic carbocycles. The lowest BCUT2D eigenvalue weighted by Crippen LogP contribution is -2.34. The molecule has 9 heteroatoms. The summed E-state index contributed by atoms with van der Waals surface area (Å²) < 4.78 is 53.9. The lowest BCUT2D eigenvalue weighted by atomic mass is 10.3. The summed E-state index contributed by atoms with van der Waals surface area (Å²) in [6, 6.07) is 0. The standard InChI is InChI=1S/C8H12O6S3/c1-3-15(9)5-7-8(6-16(10)4-2)14-17(11,12)13-7/h3-4,7-8H,1-2,5-6H2. The molecule has 0 saturated carbocycles. The van der Waals surface area contributed by atoms with Crippen LogP contribution in [0, 0.1) is 0 Å². The Bertz CT molecular complexity index is 351. The van der Waals surface area contributed by atoms with E-state index >= 15 is 0 Å². The lowest BCUT2D eigenvalue weighted by molar-refractivity contribution is 0.191. The molecule has 0 aromatic heterocycles. The molecule has 1 aliphatic heterocycles. The summed E-state index contributed by atoms with van der Waals surface area (Å²) >= 11 is -2.84. The second kappa shape index (κ2) is 6.23. The zero-order chi connectivity index (χ0) is 13.1. The smallest absolute Gasteiger partial charge is 0.400 e. The summed E-state index contributed by atoms with van der Waals surface area (Å²) in [5.74, 6) is -0.135. The highest BCUT2D eigenvalue weighted by Crippen LogP contribution is 2.24. The van der Waals surface area contributed by atoms with Gasteiger partial charge in [-0.25, -0.2) is 8.37 Å². The van der Waals surface area contributed by atoms with Crippen molar-refractivity contribution in [2.45, 2.75) is 12.2 Å². The van der Waals surface area contributed by atoms with Gasteiger partial charge in [0.1, 0.15) is 22.3 Å². The van der Waals surface area contributed by atoms with E-state index in [1.54, 1.807) is 0 Å². The molecule has 6 nitrogen and oxygen atoms in total. The van der Waals surface area contributed by atoms with E-state index in [0.29, 0.717) is 0 Å². The van der Waals surface area contributed by atoms with Crippen molar-refractivity contribution >= 4 is 32.8 Å². The first-order valence-electron chi connectivity index (χ1n) is 4.49. The van der Waals surface area contributed by atoms with Gasteiger partial charge in [-0.3, -0.25) is 0 Å². The molecule has 0 bridgehead atoms. The van der Waals surface area contributed by atoms with Gasteiger partial charge in [0, 0.05) is 0 Å². The molecule has 0 N–H and O–H groups in total. The molecule has 0 radical (unpaired) electrons. The maximum atomic E-state index is 11.2. The summed E-state index contributed by atoms with van der Waals surface area (Å²) in [4.78, 5) is 0. The molecule has 17 heavy (non-hydrogen) atoms. The van der Waals surface area contributed by atoms with Gasteiger partial charge in [0.2, 0.25) is 0 Å². The van der Waals surface area contributed by atoms with E-state index in [2.05, 4.69) is 21.5 Å². The normalized spacial score (nSPS) is 30.7. The number of hydrogen-bond donors (Lipinski definition) is 0. The van der Waals surface area contributed by atoms with Gasteiger partial charge in [-0.2, -0.15) is 8.42 Å². The van der Waals surface area contributed by atoms with E-state index in [0.717, 1.165) is 0 Å². The summed E-state index contributed by atoms with van der Waals surface area (Å²) in [6.07, 6.45) is -1.83. The van der Waals surface area contributed by atoms with Crippen LogP contribution >= 0.6 is 0 Å². The summed E-state index contributed by atoms with van der Waals surface area (Å²) in [7, 11) is -4.09. The van der Waals surface area contributed by atoms with Crippen LogP contribution in [0.3, 0.4) is 0 Å². The fourth-order valence-electron chi connectivity index (χ4n) is 1.18. The Hall–Kier alpha value is -0.0300. The van der Waals surface area contributed by atoms with E-state index in [9.17, 15) is 17.5 Å². The Morgan fingerprint density at radius 1 is 1.06 bits per heavy atom. The lowest BCUT2D eigenvalue weighted by Gasteiger charge is -2.15. The number of hydrogen-bond acceptors (Lipinski definition) is 6. The van der Waals surface area contributed by atoms with Gasteiger partial charge < -0.3 is 9.11 Å². The van der Waals surface area contributed by atoms with Crippen molar-refractivity contribution in [1.29, 1.82) is 0 Å². The first kappa shape index (κ1) is 15.0. The molecule has 1 saturated heterocycles. The molecular formula is C8H12O6S3. The minimum atomic E-state index is -4.09. The third-order valence-electron chi connectivity index (χ3n) is 1.93. The van der Waals surface area contributed by atoms with Crippen LogP contribution in [0.1, 0.15) is 0 Å². The minimum Gasteiger partial charge on any atom is -0.612 e. The molecule has 0 spiro atoms. The fraction of sp³-hybridized carbons (Fsp3) is 0.500. The van der Waals surface area contributed by atoms with E-state index in [1.165, 1.54) is 10.8 Å². The molecule has 0 amide bonds. The second-order valence-electron chi connectivity index (χ2n) is 3.11. The van der Waals surface area contributed by atoms with Crippen LogP contribution in [0.2, 0.25) is 0 Å². The molecule has 4 unspecified atom stereocenters. The average Bonchev–Trinajstić information content (AvgIpc) is 2.52. The van der Waals surface area contributed by atoms with Gasteiger partial charge >= 0.3 is 10.4 Å². The van der Waals surface area contributed by atoms with Gasteiger partial charge in [-0.15, -0.1) is 0 Å². The molecule has 1 heterocycles. The van der Waals surface area contributed by atoms with Crippen LogP contribution in [-0.4, -0.2) is 41.2 Å². The van der Waals surface area contributed by atoms with Crippen molar-refractivity contribution in [2.24, 2.45) is 0 Å². The first-order chi connectivity index (χ1) is 7.88. The van der Waals surface area contributed by atoms with Crippen molar-refractivity contribution in [2.75, 3.05) is 11.5 Å². The highest BCUT2D eigenvalue weighted by Gasteiger charge is 2.44. The molecule has 1 fully saturated rings. The maximum absolute atomic E-state index is 11.2. The molecule has 0 aromatic carbocycles. The number of rotatable bonds is 6. The van der Waals surface area contributed by atoms with Crippen LogP contribution < -0.4 is 0 Å². The minimum absolute atomic E-state index is 0.0677. The summed E-state index contributed by atoms with van der Waals surface area (Å²) in [6.45, 7) is 6.64. The quantitative estimate of drug-likeness (QED) is 0.630. The maximum Gasteiger partial charge on any atom is 0.400 e. The van der Waals surface area contributed by atoms with Gasteiger partial charge in [0.05, 0.1) is 0 Å². The van der Waals surface area contributed by atoms with E-state index < -0.39 is 45.0 Å². The van der Waals surface area contributed by atoms with Crippen LogP contribution in [0.25, 0.3) is 0 Å². The summed E-state index contributed by atoms with van der Waals surface area (Å²) in [5.41, 5.74) is 0. The largest absolute Gasteiger partial charge is 0.612 e. The Morgan fingerprint density at radius 3 is 1.71 bits per heavy atom. The molecule has 98 valence electrons. The monoisotopic (exact) mass is 300 g/mol. The molecule has 0 aromatic rings. The Labute approximate surface area is 106 Å². The molecule has 4 atom stereocenters. The zero-order valence-corrected chi connectivity index (χ0v) is 11.3. The SMILES string of the molecule is C=C[S+]([O-])CC1OS(=O)(=O)OC1C[S+]([O-])C=C. The Morgan fingerprint density at radius 2 is 1.41 bits per heavy atom. The van der Waals surface area contributed by atoms with Crippen LogP contribution in [0.5, 0.6) is 0 Å². The molecule has 1 aliphatic rings. The topological polar surface area (TPSA) is 98.7 Å². The second-order valence-corrected chi connectivity index (χ2v) is 7.16. The van der Waals surface area contributed by atoms with Crippen LogP contribution in [-0.2, 0) is 41.1 Å². The van der Waals surface area contributed by atoms with Crippen molar-refractivity contribution in [3.63, 3.8) is 0 Å². The van der Waals surface area contributed by atoms with E-state index in [-0.39, 0.29) is 11.5 Å². The predicted molar refractivity (Wildman–Crippen MR) is 65.1 cm³/mol. The van der Waals surface area contributed by atoms with Gasteiger partial charge in [-0.1, -0.05) is 13.2 Å². The van der Waals surface area contributed by atoms with E-state index in [1.807, 2.05) is 0 Å². The fourth-order valence-corrected chi connectivity index (χ4v) is 3.87. The molecular weight excluding hydrogens is 288 g/mol. The Kier molecular flexibility index (Phi) is 5.51. The third-order valence-corrected chi connectivity index (χ3v) is 4.95. The van der Waals surface area contributed by atoms with Crippen molar-refractivity contribution in [1.82, 2.24) is 0 Å². The third kappa shape index (κ3) is 4.62. The highest BCUT2D eigenvalue weighted by atomic mass is 32.3. The Balaban J connectivity index is 2.70. The van der Waals surface area contributed by atoms with Gasteiger partial charge in [0.25, 0.3) is 0 Å². The van der Waals surface area contributed by atoms with Gasteiger partial charge in [0.15, 0.2) is 12.2 Å². The summed E-state index contributed by atoms with van der Waals surface area (Å²) in [5, 5.41) is 2.35. The van der Waals surface area contributed by atoms with Crippen LogP contribution in [0.4, 0.5) is 0 Å². The highest BCUT2D eigenvalue weighted by molar-refractivity contribution is 7.94. The van der Waals surface area contributed by atoms with Gasteiger partial charge in [-0.05, 0) is 22.4 Å². The van der Waals surface area contributed by atoms with Crippen molar-refractivity contribution in [3.05, 3.63) is 24.0 Å². The van der Waals surface area contributed by atoms with E-state index in [4.69, 9.17) is 0 Å². The van der Waals surface area contributed by atoms with Crippen molar-refractivity contribution in [3.8, 4) is 0 Å². The molecule has 1 rings (SSSR count). The van der Waals surface area contributed by atoms with Crippen LogP contribution in [0.15, 0.2) is 24.0 Å². The first-order valence-corrected chi connectivity index (χ1v) is 8.58. The average molecular weight is 300 g/mol. The van der Waals surface area contributed by atoms with Crippen molar-refractivity contribution < 1.29 is 25.9 Å². The zero-order valence-electron chi connectivity index (χ0n) is 8.81.